The fourth-order valence-corrected chi connectivity index (χ4v) is 4.64. The van der Waals surface area contributed by atoms with Crippen LogP contribution in [0.1, 0.15) is 18.4 Å². The van der Waals surface area contributed by atoms with Gasteiger partial charge < -0.3 is 16.0 Å². The number of rotatable bonds is 6. The molecule has 1 aromatic rings. The highest BCUT2D eigenvalue weighted by molar-refractivity contribution is 7.91. The topological polar surface area (TPSA) is 99.7 Å². The minimum absolute atomic E-state index is 0.0516. The van der Waals surface area contributed by atoms with Gasteiger partial charge in [0.05, 0.1) is 11.5 Å². The number of sulfone groups is 1. The van der Waals surface area contributed by atoms with Crippen LogP contribution in [-0.4, -0.2) is 51.4 Å². The molecule has 0 bridgehead atoms. The molecule has 1 fully saturated rings. The van der Waals surface area contributed by atoms with Gasteiger partial charge in [0.1, 0.15) is 0 Å². The number of aliphatic imine (C=N–C) groups is 1. The number of amides is 1. The zero-order valence-electron chi connectivity index (χ0n) is 13.0. The van der Waals surface area contributed by atoms with E-state index in [9.17, 15) is 13.2 Å². The van der Waals surface area contributed by atoms with E-state index in [0.29, 0.717) is 25.5 Å². The van der Waals surface area contributed by atoms with E-state index in [1.54, 1.807) is 18.4 Å². The third-order valence-corrected chi connectivity index (χ3v) is 6.01. The Balaban J connectivity index is 1.64. The molecule has 0 saturated carbocycles. The molecule has 1 aliphatic heterocycles. The summed E-state index contributed by atoms with van der Waals surface area (Å²) in [5, 5.41) is 13.1. The summed E-state index contributed by atoms with van der Waals surface area (Å²) in [6.07, 6.45) is 0.779. The van der Waals surface area contributed by atoms with E-state index in [0.717, 1.165) is 0 Å². The first-order chi connectivity index (χ1) is 11.0. The largest absolute Gasteiger partial charge is 0.356 e. The monoisotopic (exact) mass is 358 g/mol. The maximum atomic E-state index is 11.8. The van der Waals surface area contributed by atoms with E-state index in [2.05, 4.69) is 26.3 Å². The molecule has 3 N–H and O–H groups in total. The summed E-state index contributed by atoms with van der Waals surface area (Å²) < 4.78 is 22.7. The zero-order valence-corrected chi connectivity index (χ0v) is 14.7. The molecule has 0 aromatic carbocycles. The molecule has 7 nitrogen and oxygen atoms in total. The van der Waals surface area contributed by atoms with Gasteiger partial charge in [0.15, 0.2) is 15.8 Å². The molecule has 1 atom stereocenters. The smallest absolute Gasteiger partial charge is 0.222 e. The highest BCUT2D eigenvalue weighted by atomic mass is 32.2. The number of carbonyl (C=O) groups is 1. The van der Waals surface area contributed by atoms with E-state index in [1.807, 2.05) is 11.4 Å². The van der Waals surface area contributed by atoms with Crippen LogP contribution in [0.4, 0.5) is 0 Å². The molecule has 0 radical (unpaired) electrons. The maximum Gasteiger partial charge on any atom is 0.222 e. The summed E-state index contributed by atoms with van der Waals surface area (Å²) in [6, 6.07) is 1.79. The standard InChI is InChI=1S/C14H22N4O3S2/c1-15-14(17-8-11-3-6-22-9-11)16-5-2-13(19)18-12-4-7-23(20,21)10-12/h3,6,9,12H,2,4-5,7-8,10H2,1H3,(H,18,19)(H2,15,16,17). The predicted molar refractivity (Wildman–Crippen MR) is 92.3 cm³/mol. The molecule has 1 unspecified atom stereocenters. The molecule has 2 rings (SSSR count). The number of nitrogens with one attached hydrogen (secondary N) is 3. The van der Waals surface area contributed by atoms with Crippen molar-refractivity contribution < 1.29 is 13.2 Å². The fourth-order valence-electron chi connectivity index (χ4n) is 2.30. The van der Waals surface area contributed by atoms with Gasteiger partial charge in [-0.25, -0.2) is 8.42 Å². The number of guanidine groups is 1. The van der Waals surface area contributed by atoms with E-state index in [-0.39, 0.29) is 29.9 Å². The van der Waals surface area contributed by atoms with Crippen LogP contribution >= 0.6 is 11.3 Å². The zero-order chi connectivity index (χ0) is 16.7. The van der Waals surface area contributed by atoms with Crippen molar-refractivity contribution >= 4 is 33.0 Å². The molecule has 9 heteroatoms. The van der Waals surface area contributed by atoms with Gasteiger partial charge in [0.2, 0.25) is 5.91 Å². The highest BCUT2D eigenvalue weighted by Gasteiger charge is 2.28. The van der Waals surface area contributed by atoms with Gasteiger partial charge in [0.25, 0.3) is 0 Å². The Labute approximate surface area is 140 Å². The molecular weight excluding hydrogens is 336 g/mol. The molecule has 23 heavy (non-hydrogen) atoms. The Hall–Kier alpha value is -1.61. The number of hydrogen-bond acceptors (Lipinski definition) is 5. The van der Waals surface area contributed by atoms with Crippen molar-refractivity contribution in [2.24, 2.45) is 4.99 Å². The first-order valence-corrected chi connectivity index (χ1v) is 10.2. The summed E-state index contributed by atoms with van der Waals surface area (Å²) in [4.78, 5) is 15.9. The lowest BCUT2D eigenvalue weighted by Crippen LogP contribution is -2.40. The minimum Gasteiger partial charge on any atom is -0.356 e. The van der Waals surface area contributed by atoms with Crippen molar-refractivity contribution in [1.29, 1.82) is 0 Å². The lowest BCUT2D eigenvalue weighted by Gasteiger charge is -2.13. The molecule has 0 spiro atoms. The van der Waals surface area contributed by atoms with Crippen molar-refractivity contribution in [2.75, 3.05) is 25.1 Å². The molecule has 1 aromatic heterocycles. The minimum atomic E-state index is -2.97. The Morgan fingerprint density at radius 3 is 2.87 bits per heavy atom. The average molecular weight is 358 g/mol. The Morgan fingerprint density at radius 1 is 1.43 bits per heavy atom. The van der Waals surface area contributed by atoms with Crippen LogP contribution in [0.15, 0.2) is 21.8 Å². The second kappa shape index (κ2) is 8.30. The summed E-state index contributed by atoms with van der Waals surface area (Å²) >= 11 is 1.64. The summed E-state index contributed by atoms with van der Waals surface area (Å²) in [7, 11) is -1.29. The van der Waals surface area contributed by atoms with E-state index >= 15 is 0 Å². The maximum absolute atomic E-state index is 11.8. The predicted octanol–water partition coefficient (Wildman–Crippen LogP) is 0.107. The molecule has 1 aliphatic rings. The van der Waals surface area contributed by atoms with Crippen LogP contribution in [-0.2, 0) is 21.2 Å². The van der Waals surface area contributed by atoms with Gasteiger partial charge in [-0.1, -0.05) is 0 Å². The van der Waals surface area contributed by atoms with Crippen LogP contribution < -0.4 is 16.0 Å². The molecule has 2 heterocycles. The third kappa shape index (κ3) is 6.19. The summed E-state index contributed by atoms with van der Waals surface area (Å²) in [5.74, 6) is 0.700. The van der Waals surface area contributed by atoms with Gasteiger partial charge in [-0.15, -0.1) is 0 Å². The summed E-state index contributed by atoms with van der Waals surface area (Å²) in [5.41, 5.74) is 1.18. The Bertz CT molecular complexity index is 641. The highest BCUT2D eigenvalue weighted by Crippen LogP contribution is 2.11. The van der Waals surface area contributed by atoms with Crippen molar-refractivity contribution in [3.8, 4) is 0 Å². The Kier molecular flexibility index (Phi) is 6.40. The van der Waals surface area contributed by atoms with Crippen LogP contribution in [0.2, 0.25) is 0 Å². The van der Waals surface area contributed by atoms with Gasteiger partial charge in [-0.3, -0.25) is 9.79 Å². The van der Waals surface area contributed by atoms with Gasteiger partial charge in [0, 0.05) is 32.6 Å². The lowest BCUT2D eigenvalue weighted by atomic mass is 10.2. The molecule has 0 aliphatic carbocycles. The number of carbonyl (C=O) groups excluding carboxylic acids is 1. The quantitative estimate of drug-likeness (QED) is 0.495. The van der Waals surface area contributed by atoms with Crippen LogP contribution in [0, 0.1) is 0 Å². The van der Waals surface area contributed by atoms with E-state index < -0.39 is 9.84 Å². The van der Waals surface area contributed by atoms with Crippen molar-refractivity contribution in [2.45, 2.75) is 25.4 Å². The molecule has 1 saturated heterocycles. The lowest BCUT2D eigenvalue weighted by molar-refractivity contribution is -0.121. The van der Waals surface area contributed by atoms with Crippen LogP contribution in [0.5, 0.6) is 0 Å². The van der Waals surface area contributed by atoms with Crippen molar-refractivity contribution in [3.05, 3.63) is 22.4 Å². The van der Waals surface area contributed by atoms with Crippen LogP contribution in [0.3, 0.4) is 0 Å². The first kappa shape index (κ1) is 17.7. The van der Waals surface area contributed by atoms with Gasteiger partial charge in [-0.05, 0) is 28.8 Å². The molecule has 128 valence electrons. The number of hydrogen-bond donors (Lipinski definition) is 3. The third-order valence-electron chi connectivity index (χ3n) is 3.51. The van der Waals surface area contributed by atoms with E-state index in [1.165, 1.54) is 5.56 Å². The fraction of sp³-hybridized carbons (Fsp3) is 0.571. The van der Waals surface area contributed by atoms with Gasteiger partial charge in [-0.2, -0.15) is 11.3 Å². The summed E-state index contributed by atoms with van der Waals surface area (Å²) in [6.45, 7) is 1.11. The van der Waals surface area contributed by atoms with E-state index in [4.69, 9.17) is 0 Å². The van der Waals surface area contributed by atoms with Crippen molar-refractivity contribution in [1.82, 2.24) is 16.0 Å². The van der Waals surface area contributed by atoms with Crippen LogP contribution in [0.25, 0.3) is 0 Å². The number of nitrogens with zero attached hydrogens (tertiary/aromatic N) is 1. The van der Waals surface area contributed by atoms with Crippen molar-refractivity contribution in [3.63, 3.8) is 0 Å². The number of thiophene rings is 1. The Morgan fingerprint density at radius 2 is 2.26 bits per heavy atom. The SMILES string of the molecule is CN=C(NCCC(=O)NC1CCS(=O)(=O)C1)NCc1ccsc1. The molecular formula is C14H22N4O3S2. The second-order valence-corrected chi connectivity index (χ2v) is 8.41. The first-order valence-electron chi connectivity index (χ1n) is 7.44. The van der Waals surface area contributed by atoms with Gasteiger partial charge >= 0.3 is 0 Å². The molecule has 1 amide bonds. The second-order valence-electron chi connectivity index (χ2n) is 5.40. The average Bonchev–Trinajstić information content (AvgIpc) is 3.12. The normalized spacial score (nSPS) is 20.2.